The third kappa shape index (κ3) is 4.16. The normalized spacial score (nSPS) is 16.7. The maximum atomic E-state index is 13.0. The van der Waals surface area contributed by atoms with E-state index in [0.717, 1.165) is 41.4 Å². The first-order chi connectivity index (χ1) is 15.2. The molecule has 3 aromatic rings. The van der Waals surface area contributed by atoms with Gasteiger partial charge in [0.25, 0.3) is 5.91 Å². The van der Waals surface area contributed by atoms with Crippen LogP contribution in [-0.2, 0) is 4.74 Å². The fraction of sp³-hybridized carbons (Fsp3) is 0.391. The highest BCUT2D eigenvalue weighted by Crippen LogP contribution is 2.32. The minimum absolute atomic E-state index is 0.240. The lowest BCUT2D eigenvalue weighted by atomic mass is 9.93. The summed E-state index contributed by atoms with van der Waals surface area (Å²) in [5.74, 6) is 0.602. The molecule has 1 N–H and O–H groups in total. The van der Waals surface area contributed by atoms with Crippen LogP contribution in [-0.4, -0.2) is 52.0 Å². The molecular formula is C23H26N6O2. The monoisotopic (exact) mass is 418 g/mol. The standard InChI is InChI=1S/C23H26N6O2/c1-16-13-24-22(28-8-10-31-11-9-28)12-21(16)27-23(30)20-7-3-6-19(26-20)17-14-25-29(15-17)18-4-2-5-18/h3,6-7,12-15,18H,2,4-5,8-11H2,1H3,(H,24,27,30). The molecule has 160 valence electrons. The van der Waals surface area contributed by atoms with E-state index in [-0.39, 0.29) is 5.91 Å². The van der Waals surface area contributed by atoms with Crippen LogP contribution in [0.2, 0.25) is 0 Å². The van der Waals surface area contributed by atoms with E-state index in [1.165, 1.54) is 19.3 Å². The van der Waals surface area contributed by atoms with Gasteiger partial charge < -0.3 is 15.0 Å². The summed E-state index contributed by atoms with van der Waals surface area (Å²) in [6.45, 7) is 4.89. The summed E-state index contributed by atoms with van der Waals surface area (Å²) in [5, 5.41) is 7.48. The van der Waals surface area contributed by atoms with Gasteiger partial charge in [-0.25, -0.2) is 9.97 Å². The van der Waals surface area contributed by atoms with E-state index in [9.17, 15) is 4.79 Å². The first kappa shape index (κ1) is 19.7. The van der Waals surface area contributed by atoms with Crippen molar-refractivity contribution in [2.45, 2.75) is 32.2 Å². The number of carbonyl (C=O) groups excluding carboxylic acids is 1. The van der Waals surface area contributed by atoms with Crippen molar-refractivity contribution in [3.8, 4) is 11.3 Å². The van der Waals surface area contributed by atoms with E-state index >= 15 is 0 Å². The lowest BCUT2D eigenvalue weighted by molar-refractivity contribution is 0.102. The van der Waals surface area contributed by atoms with Crippen molar-refractivity contribution in [1.82, 2.24) is 19.7 Å². The zero-order chi connectivity index (χ0) is 21.2. The van der Waals surface area contributed by atoms with E-state index in [0.29, 0.717) is 24.9 Å². The Morgan fingerprint density at radius 1 is 1.19 bits per heavy atom. The third-order valence-corrected chi connectivity index (χ3v) is 6.00. The predicted octanol–water partition coefficient (Wildman–Crippen LogP) is 3.46. The van der Waals surface area contributed by atoms with Gasteiger partial charge in [0.2, 0.25) is 0 Å². The number of nitrogens with zero attached hydrogens (tertiary/aromatic N) is 5. The molecule has 4 heterocycles. The van der Waals surface area contributed by atoms with Crippen LogP contribution in [0.4, 0.5) is 11.5 Å². The van der Waals surface area contributed by atoms with Gasteiger partial charge in [-0.15, -0.1) is 0 Å². The number of carbonyl (C=O) groups is 1. The molecule has 0 bridgehead atoms. The van der Waals surface area contributed by atoms with Gasteiger partial charge in [0.1, 0.15) is 11.5 Å². The Bertz CT molecular complexity index is 1090. The van der Waals surface area contributed by atoms with Crippen molar-refractivity contribution in [1.29, 1.82) is 0 Å². The highest BCUT2D eigenvalue weighted by molar-refractivity contribution is 6.03. The molecule has 8 heteroatoms. The molecule has 1 aliphatic carbocycles. The molecule has 0 atom stereocenters. The summed E-state index contributed by atoms with van der Waals surface area (Å²) in [5.41, 5.74) is 3.70. The van der Waals surface area contributed by atoms with Crippen LogP contribution in [0, 0.1) is 6.92 Å². The van der Waals surface area contributed by atoms with E-state index in [1.807, 2.05) is 42.2 Å². The number of morpholine rings is 1. The lowest BCUT2D eigenvalue weighted by Crippen LogP contribution is -2.36. The van der Waals surface area contributed by atoms with Gasteiger partial charge in [-0.05, 0) is 43.9 Å². The number of amides is 1. The average Bonchev–Trinajstić information content (AvgIpc) is 3.24. The molecule has 1 amide bonds. The van der Waals surface area contributed by atoms with Crippen LogP contribution in [0.25, 0.3) is 11.3 Å². The molecule has 1 saturated carbocycles. The quantitative estimate of drug-likeness (QED) is 0.683. The Morgan fingerprint density at radius 3 is 2.81 bits per heavy atom. The van der Waals surface area contributed by atoms with Crippen molar-refractivity contribution >= 4 is 17.4 Å². The second kappa shape index (κ2) is 8.47. The number of aryl methyl sites for hydroxylation is 1. The van der Waals surface area contributed by atoms with Gasteiger partial charge in [0, 0.05) is 42.8 Å². The largest absolute Gasteiger partial charge is 0.378 e. The van der Waals surface area contributed by atoms with Crippen molar-refractivity contribution in [2.24, 2.45) is 0 Å². The van der Waals surface area contributed by atoms with Crippen LogP contribution in [0.5, 0.6) is 0 Å². The van der Waals surface area contributed by atoms with E-state index in [4.69, 9.17) is 4.74 Å². The maximum absolute atomic E-state index is 13.0. The fourth-order valence-corrected chi connectivity index (χ4v) is 3.84. The molecule has 8 nitrogen and oxygen atoms in total. The molecule has 1 saturated heterocycles. The van der Waals surface area contributed by atoms with Crippen LogP contribution in [0.3, 0.4) is 0 Å². The van der Waals surface area contributed by atoms with Gasteiger partial charge in [-0.1, -0.05) is 6.07 Å². The number of ether oxygens (including phenoxy) is 1. The molecule has 2 fully saturated rings. The molecule has 0 unspecified atom stereocenters. The van der Waals surface area contributed by atoms with E-state index in [2.05, 4.69) is 25.3 Å². The number of hydrogen-bond donors (Lipinski definition) is 1. The Balaban J connectivity index is 1.33. The molecule has 0 aromatic carbocycles. The second-order valence-electron chi connectivity index (χ2n) is 8.11. The third-order valence-electron chi connectivity index (χ3n) is 6.00. The topological polar surface area (TPSA) is 85.2 Å². The SMILES string of the molecule is Cc1cnc(N2CCOCC2)cc1NC(=O)c1cccc(-c2cnn(C3CCC3)c2)n1. The number of hydrogen-bond acceptors (Lipinski definition) is 6. The van der Waals surface area contributed by atoms with Crippen molar-refractivity contribution in [2.75, 3.05) is 36.5 Å². The van der Waals surface area contributed by atoms with Gasteiger partial charge in [0.05, 0.1) is 31.1 Å². The number of nitrogens with one attached hydrogen (secondary N) is 1. The van der Waals surface area contributed by atoms with Gasteiger partial charge in [-0.3, -0.25) is 9.48 Å². The molecule has 0 spiro atoms. The predicted molar refractivity (Wildman–Crippen MR) is 118 cm³/mol. The van der Waals surface area contributed by atoms with E-state index < -0.39 is 0 Å². The van der Waals surface area contributed by atoms with Crippen molar-refractivity contribution < 1.29 is 9.53 Å². The minimum Gasteiger partial charge on any atom is -0.378 e. The van der Waals surface area contributed by atoms with Crippen molar-refractivity contribution in [3.63, 3.8) is 0 Å². The highest BCUT2D eigenvalue weighted by Gasteiger charge is 2.21. The molecular weight excluding hydrogens is 392 g/mol. The van der Waals surface area contributed by atoms with Crippen LogP contribution in [0.1, 0.15) is 41.4 Å². The number of anilines is 2. The number of aromatic nitrogens is 4. The summed E-state index contributed by atoms with van der Waals surface area (Å²) >= 11 is 0. The summed E-state index contributed by atoms with van der Waals surface area (Å²) in [4.78, 5) is 24.2. The molecule has 0 radical (unpaired) electrons. The Morgan fingerprint density at radius 2 is 2.03 bits per heavy atom. The first-order valence-electron chi connectivity index (χ1n) is 10.8. The second-order valence-corrected chi connectivity index (χ2v) is 8.11. The summed E-state index contributed by atoms with van der Waals surface area (Å²) < 4.78 is 7.43. The molecule has 31 heavy (non-hydrogen) atoms. The van der Waals surface area contributed by atoms with Gasteiger partial charge >= 0.3 is 0 Å². The van der Waals surface area contributed by atoms with Crippen LogP contribution in [0.15, 0.2) is 42.9 Å². The molecule has 2 aliphatic rings. The Kier molecular flexibility index (Phi) is 5.38. The van der Waals surface area contributed by atoms with Gasteiger partial charge in [0.15, 0.2) is 0 Å². The highest BCUT2D eigenvalue weighted by atomic mass is 16.5. The molecule has 5 rings (SSSR count). The average molecular weight is 419 g/mol. The zero-order valence-corrected chi connectivity index (χ0v) is 17.6. The Labute approximate surface area is 181 Å². The summed E-state index contributed by atoms with van der Waals surface area (Å²) in [6, 6.07) is 7.92. The number of rotatable bonds is 5. The maximum Gasteiger partial charge on any atom is 0.274 e. The van der Waals surface area contributed by atoms with Crippen molar-refractivity contribution in [3.05, 3.63) is 54.1 Å². The fourth-order valence-electron chi connectivity index (χ4n) is 3.84. The van der Waals surface area contributed by atoms with Crippen LogP contribution < -0.4 is 10.2 Å². The van der Waals surface area contributed by atoms with E-state index in [1.54, 1.807) is 12.3 Å². The van der Waals surface area contributed by atoms with Crippen LogP contribution >= 0.6 is 0 Å². The summed E-state index contributed by atoms with van der Waals surface area (Å²) in [6.07, 6.45) is 9.25. The lowest BCUT2D eigenvalue weighted by Gasteiger charge is -2.28. The minimum atomic E-state index is -0.240. The molecule has 3 aromatic heterocycles. The smallest absolute Gasteiger partial charge is 0.274 e. The number of pyridine rings is 2. The Hall–Kier alpha value is -3.26. The van der Waals surface area contributed by atoms with Gasteiger partial charge in [-0.2, -0.15) is 5.10 Å². The zero-order valence-electron chi connectivity index (χ0n) is 17.6. The molecule has 1 aliphatic heterocycles. The first-order valence-corrected chi connectivity index (χ1v) is 10.8. The summed E-state index contributed by atoms with van der Waals surface area (Å²) in [7, 11) is 0.